The number of rotatable bonds is 1. The number of pyridine rings is 1. The van der Waals surface area contributed by atoms with E-state index >= 15 is 0 Å². The van der Waals surface area contributed by atoms with Crippen LogP contribution in [0.15, 0.2) is 23.1 Å². The van der Waals surface area contributed by atoms with Crippen LogP contribution in [0.2, 0.25) is 5.02 Å². The Labute approximate surface area is 102 Å². The second kappa shape index (κ2) is 3.94. The molecule has 5 nitrogen and oxygen atoms in total. The second-order valence-corrected chi connectivity index (χ2v) is 4.18. The molecule has 2 aromatic heterocycles. The van der Waals surface area contributed by atoms with Crippen molar-refractivity contribution in [2.45, 2.75) is 13.1 Å². The molecule has 3 rings (SSSR count). The molecule has 6 heteroatoms. The summed E-state index contributed by atoms with van der Waals surface area (Å²) in [6, 6.07) is 3.45. The molecular formula is C11H9ClN4O. The number of nitrogens with zero attached hydrogens (tertiary/aromatic N) is 2. The number of aromatic nitrogens is 3. The molecule has 0 amide bonds. The highest BCUT2D eigenvalue weighted by atomic mass is 35.5. The molecule has 0 unspecified atom stereocenters. The van der Waals surface area contributed by atoms with E-state index in [0.717, 1.165) is 5.69 Å². The van der Waals surface area contributed by atoms with Crippen LogP contribution in [0.1, 0.15) is 11.3 Å². The molecule has 2 N–H and O–H groups in total. The Hall–Kier alpha value is -1.72. The van der Waals surface area contributed by atoms with E-state index in [1.54, 1.807) is 18.3 Å². The molecule has 0 fully saturated rings. The van der Waals surface area contributed by atoms with Crippen LogP contribution in [0.3, 0.4) is 0 Å². The van der Waals surface area contributed by atoms with Crippen LogP contribution in [0.4, 0.5) is 0 Å². The lowest BCUT2D eigenvalue weighted by Crippen LogP contribution is -2.16. The van der Waals surface area contributed by atoms with E-state index < -0.39 is 0 Å². The molecule has 86 valence electrons. The number of hydrogen-bond acceptors (Lipinski definition) is 4. The molecule has 0 spiro atoms. The SMILES string of the molecule is O=c1[nH]c(-c2ncccc2Cl)nc2c1CNC2. The summed E-state index contributed by atoms with van der Waals surface area (Å²) in [5.41, 5.74) is 1.84. The zero-order chi connectivity index (χ0) is 11.8. The van der Waals surface area contributed by atoms with Crippen LogP contribution in [0, 0.1) is 0 Å². The fourth-order valence-corrected chi connectivity index (χ4v) is 2.06. The van der Waals surface area contributed by atoms with E-state index in [1.807, 2.05) is 0 Å². The van der Waals surface area contributed by atoms with E-state index in [1.165, 1.54) is 0 Å². The Morgan fingerprint density at radius 3 is 3.06 bits per heavy atom. The third kappa shape index (κ3) is 1.73. The van der Waals surface area contributed by atoms with Gasteiger partial charge in [-0.25, -0.2) is 4.98 Å². The Kier molecular flexibility index (Phi) is 2.42. The van der Waals surface area contributed by atoms with Gasteiger partial charge in [0.2, 0.25) is 0 Å². The molecule has 0 atom stereocenters. The summed E-state index contributed by atoms with van der Waals surface area (Å²) in [6.45, 7) is 1.17. The first-order chi connectivity index (χ1) is 8.25. The smallest absolute Gasteiger partial charge is 0.256 e. The van der Waals surface area contributed by atoms with Crippen LogP contribution in [-0.4, -0.2) is 15.0 Å². The second-order valence-electron chi connectivity index (χ2n) is 3.78. The Morgan fingerprint density at radius 1 is 1.35 bits per heavy atom. The summed E-state index contributed by atoms with van der Waals surface area (Å²) < 4.78 is 0. The average Bonchev–Trinajstić information content (AvgIpc) is 2.78. The van der Waals surface area contributed by atoms with Crippen LogP contribution >= 0.6 is 11.6 Å². The highest BCUT2D eigenvalue weighted by Crippen LogP contribution is 2.22. The summed E-state index contributed by atoms with van der Waals surface area (Å²) in [7, 11) is 0. The minimum atomic E-state index is -0.128. The molecule has 2 aromatic rings. The molecular weight excluding hydrogens is 240 g/mol. The van der Waals surface area contributed by atoms with E-state index in [4.69, 9.17) is 11.6 Å². The number of aromatic amines is 1. The largest absolute Gasteiger partial charge is 0.307 e. The lowest BCUT2D eigenvalue weighted by molar-refractivity contribution is 0.757. The van der Waals surface area contributed by atoms with Crippen molar-refractivity contribution < 1.29 is 0 Å². The van der Waals surface area contributed by atoms with Crippen molar-refractivity contribution in [2.24, 2.45) is 0 Å². The maximum Gasteiger partial charge on any atom is 0.256 e. The van der Waals surface area contributed by atoms with Gasteiger partial charge in [-0.2, -0.15) is 0 Å². The molecule has 0 radical (unpaired) electrons. The summed E-state index contributed by atoms with van der Waals surface area (Å²) >= 11 is 6.02. The summed E-state index contributed by atoms with van der Waals surface area (Å²) in [6.07, 6.45) is 1.62. The van der Waals surface area contributed by atoms with Gasteiger partial charge in [0.1, 0.15) is 5.69 Å². The maximum atomic E-state index is 11.8. The van der Waals surface area contributed by atoms with Crippen molar-refractivity contribution in [3.63, 3.8) is 0 Å². The molecule has 0 saturated heterocycles. The summed E-state index contributed by atoms with van der Waals surface area (Å²) in [5, 5.41) is 3.56. The molecule has 1 aliphatic rings. The first-order valence-corrected chi connectivity index (χ1v) is 5.57. The van der Waals surface area contributed by atoms with E-state index in [-0.39, 0.29) is 5.56 Å². The number of halogens is 1. The van der Waals surface area contributed by atoms with Crippen molar-refractivity contribution in [3.05, 3.63) is 45.0 Å². The van der Waals surface area contributed by atoms with Gasteiger partial charge in [-0.15, -0.1) is 0 Å². The van der Waals surface area contributed by atoms with Gasteiger partial charge in [-0.3, -0.25) is 9.78 Å². The normalized spacial score (nSPS) is 13.7. The Bertz CT molecular complexity index is 638. The van der Waals surface area contributed by atoms with Gasteiger partial charge in [0.15, 0.2) is 5.82 Å². The topological polar surface area (TPSA) is 70.7 Å². The highest BCUT2D eigenvalue weighted by Gasteiger charge is 2.18. The van der Waals surface area contributed by atoms with Crippen LogP contribution in [-0.2, 0) is 13.1 Å². The number of H-pyrrole nitrogens is 1. The minimum absolute atomic E-state index is 0.128. The molecule has 0 bridgehead atoms. The van der Waals surface area contributed by atoms with Crippen molar-refractivity contribution in [1.29, 1.82) is 0 Å². The van der Waals surface area contributed by atoms with E-state index in [0.29, 0.717) is 35.2 Å². The predicted octanol–water partition coefficient (Wildman–Crippen LogP) is 1.09. The van der Waals surface area contributed by atoms with Gasteiger partial charge in [0.25, 0.3) is 5.56 Å². The van der Waals surface area contributed by atoms with E-state index in [9.17, 15) is 4.79 Å². The zero-order valence-corrected chi connectivity index (χ0v) is 9.58. The maximum absolute atomic E-state index is 11.8. The van der Waals surface area contributed by atoms with Gasteiger partial charge in [0, 0.05) is 19.3 Å². The first-order valence-electron chi connectivity index (χ1n) is 5.19. The lowest BCUT2D eigenvalue weighted by Gasteiger charge is -2.04. The molecule has 1 aliphatic heterocycles. The van der Waals surface area contributed by atoms with Gasteiger partial charge in [0.05, 0.1) is 16.3 Å². The third-order valence-corrected chi connectivity index (χ3v) is 2.98. The van der Waals surface area contributed by atoms with Crippen molar-refractivity contribution in [1.82, 2.24) is 20.3 Å². The average molecular weight is 249 g/mol. The fraction of sp³-hybridized carbons (Fsp3) is 0.182. The van der Waals surface area contributed by atoms with Crippen LogP contribution in [0.5, 0.6) is 0 Å². The highest BCUT2D eigenvalue weighted by molar-refractivity contribution is 6.32. The van der Waals surface area contributed by atoms with Crippen molar-refractivity contribution in [3.8, 4) is 11.5 Å². The molecule has 0 aromatic carbocycles. The summed E-state index contributed by atoms with van der Waals surface area (Å²) in [5.74, 6) is 0.419. The standard InChI is InChI=1S/C11H9ClN4O/c12-7-2-1-3-14-9(7)10-15-8-5-13-4-6(8)11(17)16-10/h1-3,13H,4-5H2,(H,15,16,17). The van der Waals surface area contributed by atoms with E-state index in [2.05, 4.69) is 20.3 Å². The Morgan fingerprint density at radius 2 is 2.24 bits per heavy atom. The zero-order valence-electron chi connectivity index (χ0n) is 8.83. The first kappa shape index (κ1) is 10.4. The predicted molar refractivity (Wildman–Crippen MR) is 63.6 cm³/mol. The monoisotopic (exact) mass is 248 g/mol. The minimum Gasteiger partial charge on any atom is -0.307 e. The number of nitrogens with one attached hydrogen (secondary N) is 2. The number of fused-ring (bicyclic) bond motifs is 1. The third-order valence-electron chi connectivity index (χ3n) is 2.68. The van der Waals surface area contributed by atoms with Gasteiger partial charge >= 0.3 is 0 Å². The fourth-order valence-electron chi connectivity index (χ4n) is 1.85. The van der Waals surface area contributed by atoms with Crippen molar-refractivity contribution >= 4 is 11.6 Å². The van der Waals surface area contributed by atoms with Crippen molar-refractivity contribution in [2.75, 3.05) is 0 Å². The number of hydrogen-bond donors (Lipinski definition) is 2. The molecule has 0 aliphatic carbocycles. The molecule has 3 heterocycles. The quantitative estimate of drug-likeness (QED) is 0.793. The summed E-state index contributed by atoms with van der Waals surface area (Å²) in [4.78, 5) is 23.0. The molecule has 17 heavy (non-hydrogen) atoms. The lowest BCUT2D eigenvalue weighted by atomic mass is 10.2. The van der Waals surface area contributed by atoms with Gasteiger partial charge < -0.3 is 10.3 Å². The Balaban J connectivity index is 2.20. The van der Waals surface area contributed by atoms with Crippen LogP contribution < -0.4 is 10.9 Å². The van der Waals surface area contributed by atoms with Crippen LogP contribution in [0.25, 0.3) is 11.5 Å². The molecule has 0 saturated carbocycles. The van der Waals surface area contributed by atoms with Gasteiger partial charge in [-0.1, -0.05) is 11.6 Å². The van der Waals surface area contributed by atoms with Gasteiger partial charge in [-0.05, 0) is 12.1 Å².